The van der Waals surface area contributed by atoms with Crippen LogP contribution >= 0.6 is 11.3 Å². The highest BCUT2D eigenvalue weighted by atomic mass is 32.1. The Balaban J connectivity index is 1.57. The summed E-state index contributed by atoms with van der Waals surface area (Å²) in [7, 11) is 1.37. The number of aryl methyl sites for hydroxylation is 1. The lowest BCUT2D eigenvalue weighted by Crippen LogP contribution is -2.36. The van der Waals surface area contributed by atoms with Gasteiger partial charge in [0.2, 0.25) is 0 Å². The van der Waals surface area contributed by atoms with Crippen molar-refractivity contribution >= 4 is 34.4 Å². The number of thiophene rings is 1. The third-order valence-corrected chi connectivity index (χ3v) is 7.18. The van der Waals surface area contributed by atoms with E-state index < -0.39 is 0 Å². The number of esters is 1. The lowest BCUT2D eigenvalue weighted by Gasteiger charge is -2.23. The molecule has 30 heavy (non-hydrogen) atoms. The molecule has 0 atom stereocenters. The van der Waals surface area contributed by atoms with E-state index >= 15 is 0 Å². The van der Waals surface area contributed by atoms with Crippen molar-refractivity contribution in [1.82, 2.24) is 5.32 Å². The summed E-state index contributed by atoms with van der Waals surface area (Å²) in [5.41, 5.74) is 3.37. The van der Waals surface area contributed by atoms with E-state index in [2.05, 4.69) is 5.32 Å². The number of carbonyl (C=O) groups excluding carboxylic acids is 2. The molecular weight excluding hydrogens is 396 g/mol. The van der Waals surface area contributed by atoms with Gasteiger partial charge in [-0.05, 0) is 61.8 Å². The van der Waals surface area contributed by atoms with E-state index in [4.69, 9.17) is 9.73 Å². The Kier molecular flexibility index (Phi) is 6.62. The van der Waals surface area contributed by atoms with Crippen molar-refractivity contribution in [3.63, 3.8) is 0 Å². The highest BCUT2D eigenvalue weighted by Crippen LogP contribution is 2.40. The maximum atomic E-state index is 13.2. The van der Waals surface area contributed by atoms with E-state index in [9.17, 15) is 9.59 Å². The SMILES string of the molecule is COC(=O)c1ccc(C=Nc2sc3c(c2C(=O)NC2CCCCC2)CCCC3)cc1. The maximum Gasteiger partial charge on any atom is 0.337 e. The first-order valence-corrected chi connectivity index (χ1v) is 11.6. The molecule has 1 N–H and O–H groups in total. The van der Waals surface area contributed by atoms with Crippen molar-refractivity contribution in [3.05, 3.63) is 51.4 Å². The molecule has 1 aromatic carbocycles. The summed E-state index contributed by atoms with van der Waals surface area (Å²) < 4.78 is 4.74. The molecule has 1 heterocycles. The zero-order valence-electron chi connectivity index (χ0n) is 17.4. The van der Waals surface area contributed by atoms with Gasteiger partial charge in [-0.3, -0.25) is 4.79 Å². The highest BCUT2D eigenvalue weighted by molar-refractivity contribution is 7.16. The van der Waals surface area contributed by atoms with Gasteiger partial charge in [0, 0.05) is 17.1 Å². The van der Waals surface area contributed by atoms with Crippen LogP contribution in [0.1, 0.15) is 81.7 Å². The van der Waals surface area contributed by atoms with Crippen LogP contribution in [0.3, 0.4) is 0 Å². The quantitative estimate of drug-likeness (QED) is 0.528. The molecule has 4 rings (SSSR count). The van der Waals surface area contributed by atoms with Crippen LogP contribution < -0.4 is 5.32 Å². The Morgan fingerprint density at radius 3 is 2.53 bits per heavy atom. The molecule has 5 nitrogen and oxygen atoms in total. The summed E-state index contributed by atoms with van der Waals surface area (Å²) in [6.07, 6.45) is 11.9. The highest BCUT2D eigenvalue weighted by Gasteiger charge is 2.27. The fourth-order valence-electron chi connectivity index (χ4n) is 4.34. The zero-order valence-corrected chi connectivity index (χ0v) is 18.2. The van der Waals surface area contributed by atoms with E-state index in [0.717, 1.165) is 48.2 Å². The van der Waals surface area contributed by atoms with Crippen LogP contribution in [-0.4, -0.2) is 31.2 Å². The molecular formula is C24H28N2O3S. The molecule has 6 heteroatoms. The summed E-state index contributed by atoms with van der Waals surface area (Å²) in [4.78, 5) is 30.8. The number of methoxy groups -OCH3 is 1. The molecule has 1 fully saturated rings. The molecule has 2 aliphatic rings. The predicted molar refractivity (Wildman–Crippen MR) is 120 cm³/mol. The number of hydrogen-bond donors (Lipinski definition) is 1. The van der Waals surface area contributed by atoms with Crippen molar-refractivity contribution in [2.24, 2.45) is 4.99 Å². The average molecular weight is 425 g/mol. The summed E-state index contributed by atoms with van der Waals surface area (Å²) in [5, 5.41) is 4.08. The largest absolute Gasteiger partial charge is 0.465 e. The third-order valence-electron chi connectivity index (χ3n) is 5.98. The minimum absolute atomic E-state index is 0.0366. The topological polar surface area (TPSA) is 67.8 Å². The molecule has 158 valence electrons. The lowest BCUT2D eigenvalue weighted by atomic mass is 9.93. The number of hydrogen-bond acceptors (Lipinski definition) is 5. The van der Waals surface area contributed by atoms with E-state index in [-0.39, 0.29) is 17.9 Å². The number of nitrogens with zero attached hydrogens (tertiary/aromatic N) is 1. The molecule has 2 aromatic rings. The van der Waals surface area contributed by atoms with Gasteiger partial charge in [0.05, 0.1) is 18.2 Å². The summed E-state index contributed by atoms with van der Waals surface area (Å²) in [6.45, 7) is 0. The fraction of sp³-hybridized carbons (Fsp3) is 0.458. The third kappa shape index (κ3) is 4.64. The van der Waals surface area contributed by atoms with Crippen LogP contribution in [0.2, 0.25) is 0 Å². The number of rotatable bonds is 5. The number of benzene rings is 1. The molecule has 1 saturated carbocycles. The van der Waals surface area contributed by atoms with Crippen LogP contribution in [0.5, 0.6) is 0 Å². The standard InChI is InChI=1S/C24H28N2O3S/c1-29-24(28)17-13-11-16(12-14-17)15-25-23-21(19-9-5-6-10-20(19)30-23)22(27)26-18-7-3-2-4-8-18/h11-15,18H,2-10H2,1H3,(H,26,27). The van der Waals surface area contributed by atoms with Gasteiger partial charge in [0.1, 0.15) is 5.00 Å². The number of nitrogens with one attached hydrogen (secondary N) is 1. The first-order chi connectivity index (χ1) is 14.7. The molecule has 0 spiro atoms. The second kappa shape index (κ2) is 9.56. The average Bonchev–Trinajstić information content (AvgIpc) is 3.16. The van der Waals surface area contributed by atoms with Gasteiger partial charge >= 0.3 is 5.97 Å². The van der Waals surface area contributed by atoms with Gasteiger partial charge in [-0.2, -0.15) is 0 Å². The van der Waals surface area contributed by atoms with Crippen LogP contribution in [0.15, 0.2) is 29.3 Å². The summed E-state index contributed by atoms with van der Waals surface area (Å²) >= 11 is 1.65. The Morgan fingerprint density at radius 1 is 1.07 bits per heavy atom. The predicted octanol–water partition coefficient (Wildman–Crippen LogP) is 5.23. The molecule has 2 aliphatic carbocycles. The van der Waals surface area contributed by atoms with Crippen molar-refractivity contribution in [3.8, 4) is 0 Å². The van der Waals surface area contributed by atoms with Gasteiger partial charge in [0.15, 0.2) is 0 Å². The van der Waals surface area contributed by atoms with Crippen molar-refractivity contribution < 1.29 is 14.3 Å². The van der Waals surface area contributed by atoms with E-state index in [0.29, 0.717) is 5.56 Å². The monoisotopic (exact) mass is 424 g/mol. The van der Waals surface area contributed by atoms with Crippen LogP contribution in [0, 0.1) is 0 Å². The van der Waals surface area contributed by atoms with Crippen LogP contribution in [-0.2, 0) is 17.6 Å². The Hall–Kier alpha value is -2.47. The molecule has 0 radical (unpaired) electrons. The second-order valence-corrected chi connectivity index (χ2v) is 9.15. The normalized spacial score (nSPS) is 17.0. The fourth-order valence-corrected chi connectivity index (χ4v) is 5.57. The molecule has 0 bridgehead atoms. The second-order valence-electron chi connectivity index (χ2n) is 8.07. The molecule has 1 aromatic heterocycles. The number of aliphatic imine (C=N–C) groups is 1. The molecule has 0 aliphatic heterocycles. The van der Waals surface area contributed by atoms with Crippen molar-refractivity contribution in [1.29, 1.82) is 0 Å². The van der Waals surface area contributed by atoms with Gasteiger partial charge in [-0.1, -0.05) is 31.4 Å². The van der Waals surface area contributed by atoms with E-state index in [1.54, 1.807) is 29.7 Å². The summed E-state index contributed by atoms with van der Waals surface area (Å²) in [6, 6.07) is 7.41. The van der Waals surface area contributed by atoms with Crippen LogP contribution in [0.4, 0.5) is 5.00 Å². The van der Waals surface area contributed by atoms with Gasteiger partial charge in [-0.15, -0.1) is 11.3 Å². The molecule has 1 amide bonds. The Labute approximate surface area is 181 Å². The van der Waals surface area contributed by atoms with Crippen molar-refractivity contribution in [2.75, 3.05) is 7.11 Å². The maximum absolute atomic E-state index is 13.2. The number of fused-ring (bicyclic) bond motifs is 1. The minimum Gasteiger partial charge on any atom is -0.465 e. The van der Waals surface area contributed by atoms with Gasteiger partial charge in [-0.25, -0.2) is 9.79 Å². The van der Waals surface area contributed by atoms with E-state index in [1.807, 2.05) is 12.1 Å². The number of ether oxygens (including phenoxy) is 1. The summed E-state index contributed by atoms with van der Waals surface area (Å²) in [5.74, 6) is -0.319. The Bertz CT molecular complexity index is 940. The number of carbonyl (C=O) groups is 2. The lowest BCUT2D eigenvalue weighted by molar-refractivity contribution is 0.0600. The minimum atomic E-state index is -0.355. The first-order valence-electron chi connectivity index (χ1n) is 10.8. The first kappa shape index (κ1) is 20.8. The zero-order chi connectivity index (χ0) is 20.9. The van der Waals surface area contributed by atoms with Crippen molar-refractivity contribution in [2.45, 2.75) is 63.8 Å². The van der Waals surface area contributed by atoms with Crippen LogP contribution in [0.25, 0.3) is 0 Å². The number of amides is 1. The smallest absolute Gasteiger partial charge is 0.337 e. The van der Waals surface area contributed by atoms with E-state index in [1.165, 1.54) is 43.2 Å². The van der Waals surface area contributed by atoms with Gasteiger partial charge < -0.3 is 10.1 Å². The molecule has 0 saturated heterocycles. The van der Waals surface area contributed by atoms with Gasteiger partial charge in [0.25, 0.3) is 5.91 Å². The molecule has 0 unspecified atom stereocenters. The Morgan fingerprint density at radius 2 is 1.80 bits per heavy atom.